The fourth-order valence-corrected chi connectivity index (χ4v) is 3.57. The molecule has 1 aliphatic rings. The van der Waals surface area contributed by atoms with Crippen LogP contribution >= 0.6 is 0 Å². The lowest BCUT2D eigenvalue weighted by Gasteiger charge is -2.26. The summed E-state index contributed by atoms with van der Waals surface area (Å²) in [4.78, 5) is 6.71. The van der Waals surface area contributed by atoms with E-state index in [-0.39, 0.29) is 6.85 Å². The molecule has 1 aliphatic heterocycles. The van der Waals surface area contributed by atoms with E-state index in [1.807, 2.05) is 43.7 Å². The monoisotopic (exact) mass is 321 g/mol. The summed E-state index contributed by atoms with van der Waals surface area (Å²) in [6.45, 7) is 4.02. The molecule has 0 aromatic carbocycles. The standard InChI is InChI=1S/C19H21BN3O/c1-12-6-9-17(22(5)11-12)23-14(3)10-16-18(20(23)4)15-8-7-13(2)21-19(15)24-16/h6-11H,1-5H3/q+1/i1D3. The van der Waals surface area contributed by atoms with Gasteiger partial charge in [-0.1, -0.05) is 0 Å². The van der Waals surface area contributed by atoms with Gasteiger partial charge in [-0.2, -0.15) is 0 Å². The zero-order valence-electron chi connectivity index (χ0n) is 17.3. The van der Waals surface area contributed by atoms with Crippen LogP contribution in [0.2, 0.25) is 6.82 Å². The van der Waals surface area contributed by atoms with Crippen molar-refractivity contribution in [1.82, 2.24) is 4.98 Å². The lowest BCUT2D eigenvalue weighted by atomic mass is 9.54. The van der Waals surface area contributed by atoms with Crippen molar-refractivity contribution in [2.45, 2.75) is 27.5 Å². The molecular formula is C19H21BN3O+. The zero-order valence-corrected chi connectivity index (χ0v) is 14.3. The first kappa shape index (κ1) is 11.9. The third-order valence-corrected chi connectivity index (χ3v) is 4.64. The Morgan fingerprint density at radius 2 is 2.08 bits per heavy atom. The molecule has 24 heavy (non-hydrogen) atoms. The molecule has 0 aliphatic carbocycles. The van der Waals surface area contributed by atoms with E-state index >= 15 is 0 Å². The van der Waals surface area contributed by atoms with Crippen LogP contribution in [0.15, 0.2) is 40.6 Å². The summed E-state index contributed by atoms with van der Waals surface area (Å²) in [6, 6.07) is 7.59. The highest BCUT2D eigenvalue weighted by molar-refractivity contribution is 6.79. The maximum absolute atomic E-state index is 7.62. The molecule has 0 fully saturated rings. The molecule has 0 spiro atoms. The fourth-order valence-electron chi connectivity index (χ4n) is 3.57. The van der Waals surface area contributed by atoms with Gasteiger partial charge >= 0.3 is 6.85 Å². The largest absolute Gasteiger partial charge is 0.439 e. The third-order valence-electron chi connectivity index (χ3n) is 4.64. The van der Waals surface area contributed by atoms with Crippen molar-refractivity contribution >= 4 is 35.3 Å². The van der Waals surface area contributed by atoms with E-state index in [9.17, 15) is 0 Å². The molecule has 4 rings (SSSR count). The van der Waals surface area contributed by atoms with E-state index in [2.05, 4.69) is 22.7 Å². The van der Waals surface area contributed by atoms with E-state index in [0.717, 1.165) is 33.8 Å². The van der Waals surface area contributed by atoms with E-state index in [4.69, 9.17) is 8.53 Å². The van der Waals surface area contributed by atoms with Crippen LogP contribution in [0.25, 0.3) is 17.2 Å². The molecule has 0 amide bonds. The van der Waals surface area contributed by atoms with Crippen LogP contribution in [0.5, 0.6) is 0 Å². The number of fused-ring (bicyclic) bond motifs is 3. The van der Waals surface area contributed by atoms with Crippen LogP contribution in [0.4, 0.5) is 5.82 Å². The van der Waals surface area contributed by atoms with Crippen LogP contribution in [0.1, 0.15) is 28.1 Å². The molecule has 0 unspecified atom stereocenters. The summed E-state index contributed by atoms with van der Waals surface area (Å²) in [6.07, 6.45) is 3.69. The number of furan rings is 1. The first-order valence-electron chi connectivity index (χ1n) is 9.54. The average Bonchev–Trinajstić information content (AvgIpc) is 2.92. The Labute approximate surface area is 146 Å². The van der Waals surface area contributed by atoms with Crippen molar-refractivity contribution in [3.05, 3.63) is 53.2 Å². The van der Waals surface area contributed by atoms with Gasteiger partial charge in [-0.05, 0) is 51.3 Å². The van der Waals surface area contributed by atoms with Crippen molar-refractivity contribution in [3.63, 3.8) is 0 Å². The Bertz CT molecular complexity index is 1090. The zero-order chi connectivity index (χ0) is 19.5. The minimum Gasteiger partial charge on any atom is -0.439 e. The third kappa shape index (κ3) is 2.15. The second-order valence-electron chi connectivity index (χ2n) is 6.40. The molecule has 0 saturated heterocycles. The van der Waals surface area contributed by atoms with Crippen molar-refractivity contribution in [1.29, 1.82) is 0 Å². The lowest BCUT2D eigenvalue weighted by Crippen LogP contribution is -2.52. The smallest absolute Gasteiger partial charge is 0.413 e. The second kappa shape index (κ2) is 5.23. The molecule has 4 nitrogen and oxygen atoms in total. The number of allylic oxidation sites excluding steroid dienone is 1. The lowest BCUT2D eigenvalue weighted by molar-refractivity contribution is -0.658. The predicted molar refractivity (Wildman–Crippen MR) is 98.5 cm³/mol. The molecule has 0 N–H and O–H groups in total. The Morgan fingerprint density at radius 3 is 2.83 bits per heavy atom. The van der Waals surface area contributed by atoms with Crippen molar-refractivity contribution in [2.75, 3.05) is 4.81 Å². The summed E-state index contributed by atoms with van der Waals surface area (Å²) in [5.41, 5.74) is 4.03. The minimum atomic E-state index is -2.12. The fraction of sp³-hybridized carbons (Fsp3) is 0.263. The summed E-state index contributed by atoms with van der Waals surface area (Å²) < 4.78 is 30.7. The maximum atomic E-state index is 7.62. The molecule has 0 bridgehead atoms. The van der Waals surface area contributed by atoms with Gasteiger partial charge in [-0.15, -0.1) is 0 Å². The van der Waals surface area contributed by atoms with Crippen molar-refractivity contribution < 1.29 is 13.1 Å². The molecule has 3 aromatic heterocycles. The molecule has 3 aromatic rings. The number of rotatable bonds is 1. The molecule has 4 heterocycles. The van der Waals surface area contributed by atoms with E-state index in [1.54, 1.807) is 12.3 Å². The van der Waals surface area contributed by atoms with Gasteiger partial charge in [0.1, 0.15) is 5.76 Å². The minimum absolute atomic E-state index is 0.0283. The van der Waals surface area contributed by atoms with Gasteiger partial charge in [0.2, 0.25) is 5.71 Å². The first-order valence-corrected chi connectivity index (χ1v) is 8.04. The SMILES string of the molecule is [2H]C([2H])([2H])c1ccc(N2B(C)c3c(oc4nc(C)ccc34)C=C2C)[n+](C)c1. The van der Waals surface area contributed by atoms with E-state index < -0.39 is 6.85 Å². The van der Waals surface area contributed by atoms with Crippen LogP contribution in [0.3, 0.4) is 0 Å². The highest BCUT2D eigenvalue weighted by atomic mass is 16.3. The maximum Gasteiger partial charge on any atom is 0.413 e. The van der Waals surface area contributed by atoms with Gasteiger partial charge in [0, 0.05) is 32.8 Å². The van der Waals surface area contributed by atoms with E-state index in [0.29, 0.717) is 11.3 Å². The summed E-state index contributed by atoms with van der Waals surface area (Å²) in [5.74, 6) is 1.76. The highest BCUT2D eigenvalue weighted by Gasteiger charge is 2.40. The van der Waals surface area contributed by atoms with Gasteiger partial charge in [-0.25, -0.2) is 9.55 Å². The van der Waals surface area contributed by atoms with Gasteiger partial charge < -0.3 is 4.42 Å². The number of hydrogen-bond donors (Lipinski definition) is 0. The van der Waals surface area contributed by atoms with Gasteiger partial charge in [0.05, 0.1) is 18.9 Å². The Morgan fingerprint density at radius 1 is 1.25 bits per heavy atom. The Balaban J connectivity index is 1.84. The average molecular weight is 321 g/mol. The molecular weight excluding hydrogens is 297 g/mol. The topological polar surface area (TPSA) is 33.2 Å². The predicted octanol–water partition coefficient (Wildman–Crippen LogP) is 2.98. The number of aryl methyl sites for hydroxylation is 3. The van der Waals surface area contributed by atoms with Gasteiger partial charge in [0.15, 0.2) is 0 Å². The number of aromatic nitrogens is 2. The normalized spacial score (nSPS) is 16.5. The molecule has 0 atom stereocenters. The van der Waals surface area contributed by atoms with Crippen LogP contribution in [-0.4, -0.2) is 11.8 Å². The van der Waals surface area contributed by atoms with E-state index in [1.165, 1.54) is 0 Å². The van der Waals surface area contributed by atoms with Crippen molar-refractivity contribution in [3.8, 4) is 0 Å². The molecule has 0 radical (unpaired) electrons. The first-order chi connectivity index (χ1) is 12.7. The van der Waals surface area contributed by atoms with Crippen LogP contribution in [0, 0.1) is 13.8 Å². The van der Waals surface area contributed by atoms with Crippen molar-refractivity contribution in [2.24, 2.45) is 7.05 Å². The summed E-state index contributed by atoms with van der Waals surface area (Å²) >= 11 is 0. The van der Waals surface area contributed by atoms with Gasteiger partial charge in [0.25, 0.3) is 5.82 Å². The molecule has 5 heteroatoms. The number of hydrogen-bond acceptors (Lipinski definition) is 3. The second-order valence-corrected chi connectivity index (χ2v) is 6.40. The van der Waals surface area contributed by atoms with Gasteiger partial charge in [-0.3, -0.25) is 4.81 Å². The molecule has 120 valence electrons. The highest BCUT2D eigenvalue weighted by Crippen LogP contribution is 2.28. The Hall–Kier alpha value is -2.56. The van der Waals surface area contributed by atoms with Crippen LogP contribution < -0.4 is 14.8 Å². The Kier molecular flexibility index (Phi) is 2.59. The van der Waals surface area contributed by atoms with Crippen LogP contribution in [-0.2, 0) is 7.05 Å². The number of pyridine rings is 2. The quantitative estimate of drug-likeness (QED) is 0.510. The summed E-state index contributed by atoms with van der Waals surface area (Å²) in [5, 5.41) is 1.01. The number of anilines is 1. The summed E-state index contributed by atoms with van der Waals surface area (Å²) in [7, 11) is 1.87. The molecule has 0 saturated carbocycles. The number of nitrogens with zero attached hydrogens (tertiary/aromatic N) is 3.